The Morgan fingerprint density at radius 3 is 2.29 bits per heavy atom. The average molecular weight is 232 g/mol. The van der Waals surface area contributed by atoms with Crippen LogP contribution in [0.5, 0.6) is 0 Å². The van der Waals surface area contributed by atoms with Crippen LogP contribution in [0.15, 0.2) is 10.7 Å². The molecular formula is C14H20N2O. The predicted octanol–water partition coefficient (Wildman–Crippen LogP) is 2.60. The van der Waals surface area contributed by atoms with Crippen molar-refractivity contribution in [3.63, 3.8) is 0 Å². The standard InChI is InChI=1S/C14H20N2O/c15-7-12-8-16-17-13(12)14-4-9-1-10(5-14)3-11(2-9)6-14/h8-11H,1-7,15H2. The molecule has 4 aliphatic rings. The van der Waals surface area contributed by atoms with Crippen molar-refractivity contribution in [2.75, 3.05) is 0 Å². The number of hydrogen-bond donors (Lipinski definition) is 1. The molecule has 3 heteroatoms. The molecule has 0 saturated heterocycles. The normalized spacial score (nSPS) is 43.2. The summed E-state index contributed by atoms with van der Waals surface area (Å²) in [5.41, 5.74) is 7.26. The van der Waals surface area contributed by atoms with Gasteiger partial charge in [0.25, 0.3) is 0 Å². The van der Waals surface area contributed by atoms with E-state index in [0.717, 1.165) is 29.1 Å². The van der Waals surface area contributed by atoms with Crippen molar-refractivity contribution < 1.29 is 4.52 Å². The van der Waals surface area contributed by atoms with Gasteiger partial charge in [0.1, 0.15) is 5.76 Å². The van der Waals surface area contributed by atoms with Crippen LogP contribution in [0.25, 0.3) is 0 Å². The lowest BCUT2D eigenvalue weighted by Crippen LogP contribution is -2.48. The SMILES string of the molecule is NCc1cnoc1C12CC3CC(CC(C3)C1)C2. The third kappa shape index (κ3) is 1.35. The molecule has 4 aliphatic carbocycles. The molecule has 4 fully saturated rings. The molecule has 5 rings (SSSR count). The molecule has 4 bridgehead atoms. The summed E-state index contributed by atoms with van der Waals surface area (Å²) in [5, 5.41) is 4.00. The molecule has 1 aromatic heterocycles. The molecule has 4 saturated carbocycles. The van der Waals surface area contributed by atoms with Crippen LogP contribution in [0.1, 0.15) is 49.8 Å². The average Bonchev–Trinajstić information content (AvgIpc) is 2.75. The summed E-state index contributed by atoms with van der Waals surface area (Å²) in [4.78, 5) is 0. The molecule has 1 aromatic rings. The smallest absolute Gasteiger partial charge is 0.147 e. The Kier molecular flexibility index (Phi) is 1.99. The van der Waals surface area contributed by atoms with Crippen molar-refractivity contribution >= 4 is 0 Å². The van der Waals surface area contributed by atoms with Crippen LogP contribution in [0, 0.1) is 17.8 Å². The van der Waals surface area contributed by atoms with E-state index in [1.165, 1.54) is 38.5 Å². The van der Waals surface area contributed by atoms with Gasteiger partial charge < -0.3 is 10.3 Å². The van der Waals surface area contributed by atoms with Crippen LogP contribution in [0.4, 0.5) is 0 Å². The van der Waals surface area contributed by atoms with Crippen LogP contribution in [-0.4, -0.2) is 5.16 Å². The first-order chi connectivity index (χ1) is 8.29. The maximum Gasteiger partial charge on any atom is 0.147 e. The molecule has 0 spiro atoms. The Balaban J connectivity index is 1.77. The first-order valence-electron chi connectivity index (χ1n) is 6.93. The Morgan fingerprint density at radius 1 is 1.18 bits per heavy atom. The largest absolute Gasteiger partial charge is 0.360 e. The molecule has 0 atom stereocenters. The van der Waals surface area contributed by atoms with Crippen LogP contribution in [-0.2, 0) is 12.0 Å². The van der Waals surface area contributed by atoms with E-state index in [2.05, 4.69) is 5.16 Å². The van der Waals surface area contributed by atoms with Crippen LogP contribution >= 0.6 is 0 Å². The van der Waals surface area contributed by atoms with E-state index in [1.54, 1.807) is 0 Å². The number of hydrogen-bond acceptors (Lipinski definition) is 3. The van der Waals surface area contributed by atoms with Crippen molar-refractivity contribution in [2.45, 2.75) is 50.5 Å². The molecule has 3 nitrogen and oxygen atoms in total. The Hall–Kier alpha value is -0.830. The fraction of sp³-hybridized carbons (Fsp3) is 0.786. The number of nitrogens with two attached hydrogens (primary N) is 1. The van der Waals surface area contributed by atoms with Gasteiger partial charge in [-0.15, -0.1) is 0 Å². The quantitative estimate of drug-likeness (QED) is 0.852. The molecule has 17 heavy (non-hydrogen) atoms. The van der Waals surface area contributed by atoms with E-state index in [0.29, 0.717) is 12.0 Å². The first-order valence-corrected chi connectivity index (χ1v) is 6.93. The molecule has 0 amide bonds. The van der Waals surface area contributed by atoms with Gasteiger partial charge in [0.15, 0.2) is 0 Å². The molecule has 0 radical (unpaired) electrons. The number of nitrogens with zero attached hydrogens (tertiary/aromatic N) is 1. The number of rotatable bonds is 2. The lowest BCUT2D eigenvalue weighted by molar-refractivity contribution is -0.0180. The van der Waals surface area contributed by atoms with E-state index in [4.69, 9.17) is 10.3 Å². The van der Waals surface area contributed by atoms with Gasteiger partial charge in [-0.3, -0.25) is 0 Å². The summed E-state index contributed by atoms with van der Waals surface area (Å²) in [7, 11) is 0. The zero-order chi connectivity index (χ0) is 11.5. The fourth-order valence-electron chi connectivity index (χ4n) is 5.23. The summed E-state index contributed by atoms with van der Waals surface area (Å²) in [6.07, 6.45) is 10.2. The van der Waals surface area contributed by atoms with E-state index >= 15 is 0 Å². The second-order valence-corrected chi connectivity index (χ2v) is 6.58. The van der Waals surface area contributed by atoms with Gasteiger partial charge in [-0.2, -0.15) is 0 Å². The zero-order valence-electron chi connectivity index (χ0n) is 10.2. The summed E-state index contributed by atoms with van der Waals surface area (Å²) < 4.78 is 5.61. The van der Waals surface area contributed by atoms with Gasteiger partial charge in [0.05, 0.1) is 6.20 Å². The van der Waals surface area contributed by atoms with Gasteiger partial charge >= 0.3 is 0 Å². The van der Waals surface area contributed by atoms with Crippen molar-refractivity contribution in [1.82, 2.24) is 5.16 Å². The summed E-state index contributed by atoms with van der Waals surface area (Å²) in [6, 6.07) is 0. The maximum absolute atomic E-state index is 5.81. The molecule has 1 heterocycles. The highest BCUT2D eigenvalue weighted by Gasteiger charge is 2.53. The third-order valence-corrected chi connectivity index (χ3v) is 5.38. The zero-order valence-corrected chi connectivity index (χ0v) is 10.2. The van der Waals surface area contributed by atoms with E-state index in [-0.39, 0.29) is 0 Å². The fourth-order valence-corrected chi connectivity index (χ4v) is 5.23. The van der Waals surface area contributed by atoms with Gasteiger partial charge in [-0.05, 0) is 56.3 Å². The Labute approximate surface area is 102 Å². The molecule has 92 valence electrons. The summed E-state index contributed by atoms with van der Waals surface area (Å²) >= 11 is 0. The predicted molar refractivity (Wildman–Crippen MR) is 64.2 cm³/mol. The molecular weight excluding hydrogens is 212 g/mol. The summed E-state index contributed by atoms with van der Waals surface area (Å²) in [6.45, 7) is 0.570. The lowest BCUT2D eigenvalue weighted by atomic mass is 9.49. The monoisotopic (exact) mass is 232 g/mol. The lowest BCUT2D eigenvalue weighted by Gasteiger charge is -2.55. The number of aromatic nitrogens is 1. The van der Waals surface area contributed by atoms with Crippen LogP contribution in [0.2, 0.25) is 0 Å². The minimum absolute atomic E-state index is 0.306. The van der Waals surface area contributed by atoms with E-state index < -0.39 is 0 Å². The van der Waals surface area contributed by atoms with E-state index in [1.807, 2.05) is 6.20 Å². The van der Waals surface area contributed by atoms with Gasteiger partial charge in [-0.25, -0.2) is 0 Å². The van der Waals surface area contributed by atoms with Gasteiger partial charge in [0, 0.05) is 17.5 Å². The molecule has 2 N–H and O–H groups in total. The topological polar surface area (TPSA) is 52.0 Å². The molecule has 0 unspecified atom stereocenters. The maximum atomic E-state index is 5.81. The van der Waals surface area contributed by atoms with Crippen molar-refractivity contribution in [3.05, 3.63) is 17.5 Å². The van der Waals surface area contributed by atoms with E-state index in [9.17, 15) is 0 Å². The highest BCUT2D eigenvalue weighted by molar-refractivity contribution is 5.27. The van der Waals surface area contributed by atoms with Crippen LogP contribution < -0.4 is 5.73 Å². The van der Waals surface area contributed by atoms with Gasteiger partial charge in [-0.1, -0.05) is 5.16 Å². The molecule has 0 aromatic carbocycles. The second-order valence-electron chi connectivity index (χ2n) is 6.58. The van der Waals surface area contributed by atoms with Crippen LogP contribution in [0.3, 0.4) is 0 Å². The Morgan fingerprint density at radius 2 is 1.76 bits per heavy atom. The third-order valence-electron chi connectivity index (χ3n) is 5.38. The molecule has 0 aliphatic heterocycles. The second kappa shape index (κ2) is 3.35. The first kappa shape index (κ1) is 10.1. The Bertz CT molecular complexity index is 402. The summed E-state index contributed by atoms with van der Waals surface area (Å²) in [5.74, 6) is 3.96. The minimum Gasteiger partial charge on any atom is -0.360 e. The van der Waals surface area contributed by atoms with Crippen molar-refractivity contribution in [1.29, 1.82) is 0 Å². The highest BCUT2D eigenvalue weighted by Crippen LogP contribution is 2.61. The van der Waals surface area contributed by atoms with Crippen molar-refractivity contribution in [3.8, 4) is 0 Å². The minimum atomic E-state index is 0.306. The van der Waals surface area contributed by atoms with Gasteiger partial charge in [0.2, 0.25) is 0 Å². The highest BCUT2D eigenvalue weighted by atomic mass is 16.5. The van der Waals surface area contributed by atoms with Crippen molar-refractivity contribution in [2.24, 2.45) is 23.5 Å².